The van der Waals surface area contributed by atoms with Gasteiger partial charge in [0.15, 0.2) is 0 Å². The maximum atomic E-state index is 12.7. The van der Waals surface area contributed by atoms with Crippen molar-refractivity contribution in [1.29, 1.82) is 0 Å². The number of ether oxygens (including phenoxy) is 1. The van der Waals surface area contributed by atoms with Gasteiger partial charge in [-0.15, -0.1) is 0 Å². The van der Waals surface area contributed by atoms with Crippen LogP contribution >= 0.6 is 0 Å². The lowest BCUT2D eigenvalue weighted by atomic mass is 10.1. The highest BCUT2D eigenvalue weighted by Gasteiger charge is 2.11. The van der Waals surface area contributed by atoms with Gasteiger partial charge in [0.2, 0.25) is 0 Å². The maximum Gasteiger partial charge on any atom is 0.258 e. The summed E-state index contributed by atoms with van der Waals surface area (Å²) in [4.78, 5) is 12.7. The Labute approximate surface area is 135 Å². The number of pyridine rings is 1. The van der Waals surface area contributed by atoms with E-state index in [1.807, 2.05) is 80.6 Å². The highest BCUT2D eigenvalue weighted by Crippen LogP contribution is 2.16. The predicted octanol–water partition coefficient (Wildman–Crippen LogP) is 4.03. The Balaban J connectivity index is 1.94. The van der Waals surface area contributed by atoms with Crippen molar-refractivity contribution in [2.24, 2.45) is 0 Å². The Morgan fingerprint density at radius 2 is 1.52 bits per heavy atom. The number of hydrogen-bond donors (Lipinski definition) is 0. The van der Waals surface area contributed by atoms with Gasteiger partial charge < -0.3 is 4.74 Å². The molecule has 0 amide bonds. The Morgan fingerprint density at radius 3 is 2.17 bits per heavy atom. The van der Waals surface area contributed by atoms with Gasteiger partial charge in [0.25, 0.3) is 5.56 Å². The van der Waals surface area contributed by atoms with Gasteiger partial charge in [-0.2, -0.15) is 0 Å². The van der Waals surface area contributed by atoms with Gasteiger partial charge in [-0.3, -0.25) is 9.36 Å². The van der Waals surface area contributed by atoms with Crippen molar-refractivity contribution in [1.82, 2.24) is 4.57 Å². The molecule has 0 aliphatic carbocycles. The van der Waals surface area contributed by atoms with Crippen molar-refractivity contribution in [2.45, 2.75) is 20.5 Å². The number of rotatable bonds is 4. The smallest absolute Gasteiger partial charge is 0.258 e. The van der Waals surface area contributed by atoms with Gasteiger partial charge in [0, 0.05) is 16.9 Å². The van der Waals surface area contributed by atoms with E-state index in [0.717, 1.165) is 28.3 Å². The number of hydrogen-bond acceptors (Lipinski definition) is 2. The molecule has 0 saturated heterocycles. The van der Waals surface area contributed by atoms with Crippen molar-refractivity contribution >= 4 is 0 Å². The molecule has 0 N–H and O–H groups in total. The molecule has 2 aromatic carbocycles. The zero-order valence-corrected chi connectivity index (χ0v) is 13.3. The summed E-state index contributed by atoms with van der Waals surface area (Å²) in [6.07, 6.45) is 0. The average Bonchev–Trinajstić information content (AvgIpc) is 2.59. The van der Waals surface area contributed by atoms with Crippen LogP contribution in [0.1, 0.15) is 16.8 Å². The standard InChI is InChI=1S/C20H19NO2/c1-15-13-17(14-23-19-11-7-4-8-12-19)16(2)20(22)21(15)18-9-5-3-6-10-18/h3-13H,14H2,1-2H3. The first-order valence-corrected chi connectivity index (χ1v) is 7.62. The van der Waals surface area contributed by atoms with Crippen LogP contribution in [0.3, 0.4) is 0 Å². The summed E-state index contributed by atoms with van der Waals surface area (Å²) in [6.45, 7) is 4.19. The van der Waals surface area contributed by atoms with Crippen molar-refractivity contribution in [3.05, 3.63) is 93.9 Å². The van der Waals surface area contributed by atoms with E-state index in [1.54, 1.807) is 4.57 Å². The van der Waals surface area contributed by atoms with Gasteiger partial charge in [0.05, 0.1) is 0 Å². The van der Waals surface area contributed by atoms with Gasteiger partial charge in [0.1, 0.15) is 12.4 Å². The molecule has 0 fully saturated rings. The molecule has 1 heterocycles. The Kier molecular flexibility index (Phi) is 4.29. The summed E-state index contributed by atoms with van der Waals surface area (Å²) in [5, 5.41) is 0. The highest BCUT2D eigenvalue weighted by atomic mass is 16.5. The molecule has 3 rings (SSSR count). The van der Waals surface area contributed by atoms with Crippen LogP contribution in [0.25, 0.3) is 5.69 Å². The van der Waals surface area contributed by atoms with Crippen LogP contribution in [0.5, 0.6) is 5.75 Å². The number of para-hydroxylation sites is 2. The summed E-state index contributed by atoms with van der Waals surface area (Å²) in [5.41, 5.74) is 3.42. The molecule has 0 aliphatic rings. The van der Waals surface area contributed by atoms with Crippen molar-refractivity contribution in [3.63, 3.8) is 0 Å². The van der Waals surface area contributed by atoms with E-state index in [-0.39, 0.29) is 5.56 Å². The fourth-order valence-corrected chi connectivity index (χ4v) is 2.62. The molecule has 3 nitrogen and oxygen atoms in total. The zero-order chi connectivity index (χ0) is 16.2. The Bertz CT molecular complexity index is 852. The molecule has 0 saturated carbocycles. The number of nitrogens with zero attached hydrogens (tertiary/aromatic N) is 1. The molecule has 0 atom stereocenters. The Hall–Kier alpha value is -2.81. The maximum absolute atomic E-state index is 12.7. The minimum Gasteiger partial charge on any atom is -0.489 e. The van der Waals surface area contributed by atoms with Crippen LogP contribution < -0.4 is 10.3 Å². The van der Waals surface area contributed by atoms with E-state index in [9.17, 15) is 4.79 Å². The van der Waals surface area contributed by atoms with Crippen LogP contribution in [0.15, 0.2) is 71.5 Å². The van der Waals surface area contributed by atoms with Crippen molar-refractivity contribution in [3.8, 4) is 11.4 Å². The third kappa shape index (κ3) is 3.19. The molecule has 0 bridgehead atoms. The molecule has 1 aromatic heterocycles. The van der Waals surface area contributed by atoms with Crippen LogP contribution in [-0.4, -0.2) is 4.57 Å². The monoisotopic (exact) mass is 305 g/mol. The van der Waals surface area contributed by atoms with E-state index >= 15 is 0 Å². The third-order valence-corrected chi connectivity index (χ3v) is 3.89. The second-order valence-electron chi connectivity index (χ2n) is 5.51. The minimum atomic E-state index is 0.00265. The van der Waals surface area contributed by atoms with E-state index in [0.29, 0.717) is 6.61 Å². The molecule has 0 aliphatic heterocycles. The fourth-order valence-electron chi connectivity index (χ4n) is 2.62. The lowest BCUT2D eigenvalue weighted by Gasteiger charge is -2.15. The van der Waals surface area contributed by atoms with Crippen LogP contribution in [-0.2, 0) is 6.61 Å². The molecule has 0 radical (unpaired) electrons. The van der Waals surface area contributed by atoms with Gasteiger partial charge in [-0.1, -0.05) is 36.4 Å². The van der Waals surface area contributed by atoms with E-state index in [4.69, 9.17) is 4.74 Å². The topological polar surface area (TPSA) is 31.2 Å². The van der Waals surface area contributed by atoms with Crippen LogP contribution in [0, 0.1) is 13.8 Å². The average molecular weight is 305 g/mol. The lowest BCUT2D eigenvalue weighted by Crippen LogP contribution is -2.24. The van der Waals surface area contributed by atoms with Gasteiger partial charge >= 0.3 is 0 Å². The van der Waals surface area contributed by atoms with E-state index in [1.165, 1.54) is 0 Å². The number of benzene rings is 2. The summed E-state index contributed by atoms with van der Waals surface area (Å²) in [5.74, 6) is 0.803. The number of aryl methyl sites for hydroxylation is 1. The first kappa shape index (κ1) is 15.1. The van der Waals surface area contributed by atoms with Crippen molar-refractivity contribution in [2.75, 3.05) is 0 Å². The minimum absolute atomic E-state index is 0.00265. The Morgan fingerprint density at radius 1 is 0.913 bits per heavy atom. The van der Waals surface area contributed by atoms with Gasteiger partial charge in [-0.25, -0.2) is 0 Å². The zero-order valence-electron chi connectivity index (χ0n) is 13.3. The van der Waals surface area contributed by atoms with Crippen LogP contribution in [0.4, 0.5) is 0 Å². The predicted molar refractivity (Wildman–Crippen MR) is 92.3 cm³/mol. The molecule has 0 spiro atoms. The molecular weight excluding hydrogens is 286 g/mol. The second-order valence-corrected chi connectivity index (χ2v) is 5.51. The normalized spacial score (nSPS) is 10.5. The SMILES string of the molecule is Cc1c(COc2ccccc2)cc(C)n(-c2ccccc2)c1=O. The summed E-state index contributed by atoms with van der Waals surface area (Å²) < 4.78 is 7.52. The third-order valence-electron chi connectivity index (χ3n) is 3.89. The molecule has 116 valence electrons. The molecule has 23 heavy (non-hydrogen) atoms. The highest BCUT2D eigenvalue weighted by molar-refractivity contribution is 5.38. The summed E-state index contributed by atoms with van der Waals surface area (Å²) in [7, 11) is 0. The molecule has 3 aromatic rings. The fraction of sp³-hybridized carbons (Fsp3) is 0.150. The largest absolute Gasteiger partial charge is 0.489 e. The second kappa shape index (κ2) is 6.53. The first-order chi connectivity index (χ1) is 11.2. The first-order valence-electron chi connectivity index (χ1n) is 7.62. The molecule has 3 heteroatoms. The molecule has 0 unspecified atom stereocenters. The molecular formula is C20H19NO2. The number of aromatic nitrogens is 1. The van der Waals surface area contributed by atoms with Crippen molar-refractivity contribution < 1.29 is 4.74 Å². The quantitative estimate of drug-likeness (QED) is 0.728. The summed E-state index contributed by atoms with van der Waals surface area (Å²) in [6, 6.07) is 21.3. The lowest BCUT2D eigenvalue weighted by molar-refractivity contribution is 0.305. The van der Waals surface area contributed by atoms with E-state index in [2.05, 4.69) is 0 Å². The van der Waals surface area contributed by atoms with Gasteiger partial charge in [-0.05, 0) is 49.7 Å². The van der Waals surface area contributed by atoms with Crippen LogP contribution in [0.2, 0.25) is 0 Å². The van der Waals surface area contributed by atoms with E-state index < -0.39 is 0 Å². The summed E-state index contributed by atoms with van der Waals surface area (Å²) >= 11 is 0.